The molecule has 20 heavy (non-hydrogen) atoms. The molecule has 1 aromatic rings. The van der Waals surface area contributed by atoms with E-state index in [9.17, 15) is 9.59 Å². The fraction of sp³-hybridized carbons (Fsp3) is 0.250. The Hall–Kier alpha value is -1.79. The molecule has 0 unspecified atom stereocenters. The number of rotatable bonds is 5. The summed E-state index contributed by atoms with van der Waals surface area (Å²) in [6.45, 7) is 2.01. The summed E-state index contributed by atoms with van der Waals surface area (Å²) in [5.74, 6) is -0.483. The number of halogens is 2. The third kappa shape index (κ3) is 5.46. The Bertz CT molecular complexity index is 503. The number of nitrogens with zero attached hydrogens (tertiary/aromatic N) is 1. The first kappa shape index (κ1) is 16.3. The molecule has 0 aromatic heterocycles. The molecule has 0 fully saturated rings. The Morgan fingerprint density at radius 3 is 2.50 bits per heavy atom. The van der Waals surface area contributed by atoms with Crippen molar-refractivity contribution in [3.63, 3.8) is 0 Å². The number of anilines is 1. The van der Waals surface area contributed by atoms with Gasteiger partial charge < -0.3 is 4.74 Å². The summed E-state index contributed by atoms with van der Waals surface area (Å²) in [5.41, 5.74) is 0.814. The Balaban J connectivity index is 2.57. The maximum atomic E-state index is 11.4. The van der Waals surface area contributed by atoms with E-state index in [0.29, 0.717) is 17.9 Å². The number of oxime groups is 1. The fourth-order valence-electron chi connectivity index (χ4n) is 1.16. The molecule has 1 N–H and O–H groups in total. The first-order valence-corrected chi connectivity index (χ1v) is 6.51. The molecule has 0 aliphatic heterocycles. The highest BCUT2D eigenvalue weighted by Crippen LogP contribution is 2.11. The molecule has 0 radical (unpaired) electrons. The summed E-state index contributed by atoms with van der Waals surface area (Å²) in [7, 11) is 0. The van der Waals surface area contributed by atoms with Gasteiger partial charge in [0.15, 0.2) is 5.17 Å². The first-order valence-electron chi connectivity index (χ1n) is 5.60. The highest BCUT2D eigenvalue weighted by atomic mass is 35.5. The molecule has 0 bridgehead atoms. The van der Waals surface area contributed by atoms with Crippen LogP contribution in [0.25, 0.3) is 0 Å². The molecule has 0 aliphatic carbocycles. The summed E-state index contributed by atoms with van der Waals surface area (Å²) in [5, 5.41) is 5.63. The van der Waals surface area contributed by atoms with Crippen LogP contribution in [0.1, 0.15) is 17.3 Å². The molecule has 108 valence electrons. The Morgan fingerprint density at radius 2 is 1.95 bits per heavy atom. The second-order valence-corrected chi connectivity index (χ2v) is 4.11. The summed E-state index contributed by atoms with van der Waals surface area (Å²) in [6.07, 6.45) is -0.822. The lowest BCUT2D eigenvalue weighted by molar-refractivity contribution is 0.0526. The first-order chi connectivity index (χ1) is 9.56. The van der Waals surface area contributed by atoms with E-state index in [1.54, 1.807) is 6.92 Å². The zero-order valence-electron chi connectivity index (χ0n) is 10.6. The summed E-state index contributed by atoms with van der Waals surface area (Å²) < 4.78 is 4.83. The van der Waals surface area contributed by atoms with Gasteiger partial charge in [-0.3, -0.25) is 10.2 Å². The van der Waals surface area contributed by atoms with Crippen LogP contribution in [-0.2, 0) is 9.57 Å². The summed E-state index contributed by atoms with van der Waals surface area (Å²) >= 11 is 10.8. The zero-order chi connectivity index (χ0) is 15.0. The number of carbonyl (C=O) groups excluding carboxylic acids is 2. The molecular weight excluding hydrogens is 307 g/mol. The van der Waals surface area contributed by atoms with Crippen molar-refractivity contribution < 1.29 is 19.2 Å². The van der Waals surface area contributed by atoms with Crippen molar-refractivity contribution in [1.82, 2.24) is 0 Å². The van der Waals surface area contributed by atoms with Crippen molar-refractivity contribution in [2.45, 2.75) is 6.92 Å². The maximum absolute atomic E-state index is 11.4. The molecule has 0 aliphatic rings. The third-order valence-corrected chi connectivity index (χ3v) is 2.57. The SMILES string of the molecule is CCOC(=O)c1ccc(NC(=O)O/N=C(\Cl)CCl)cc1. The van der Waals surface area contributed by atoms with Gasteiger partial charge in [0, 0.05) is 5.69 Å². The molecule has 1 aromatic carbocycles. The van der Waals surface area contributed by atoms with Crippen LogP contribution in [-0.4, -0.2) is 29.7 Å². The number of ether oxygens (including phenoxy) is 1. The molecule has 8 heteroatoms. The molecule has 0 saturated heterocycles. The minimum atomic E-state index is -0.822. The van der Waals surface area contributed by atoms with Crippen LogP contribution in [0.15, 0.2) is 29.4 Å². The number of alkyl halides is 1. The number of amides is 1. The highest BCUT2D eigenvalue weighted by Gasteiger charge is 2.07. The monoisotopic (exact) mass is 318 g/mol. The van der Waals surface area contributed by atoms with E-state index >= 15 is 0 Å². The smallest absolute Gasteiger partial charge is 0.437 e. The number of carbonyl (C=O) groups is 2. The number of benzene rings is 1. The number of hydrogen-bond acceptors (Lipinski definition) is 5. The second kappa shape index (κ2) is 8.39. The second-order valence-electron chi connectivity index (χ2n) is 3.40. The van der Waals surface area contributed by atoms with E-state index in [4.69, 9.17) is 27.9 Å². The van der Waals surface area contributed by atoms with Crippen molar-refractivity contribution >= 4 is 46.1 Å². The Kier molecular flexibility index (Phi) is 6.83. The van der Waals surface area contributed by atoms with E-state index in [2.05, 4.69) is 15.3 Å². The molecule has 0 heterocycles. The van der Waals surface area contributed by atoms with Crippen LogP contribution in [0.3, 0.4) is 0 Å². The standard InChI is InChI=1S/C12H12Cl2N2O4/c1-2-19-11(17)8-3-5-9(6-4-8)15-12(18)20-16-10(14)7-13/h3-6H,2,7H2,1H3,(H,15,18)/b16-10-. The van der Waals surface area contributed by atoms with Gasteiger partial charge in [0.05, 0.1) is 18.1 Å². The lowest BCUT2D eigenvalue weighted by Crippen LogP contribution is -2.12. The van der Waals surface area contributed by atoms with Crippen LogP contribution < -0.4 is 5.32 Å². The van der Waals surface area contributed by atoms with Crippen LogP contribution in [0.2, 0.25) is 0 Å². The van der Waals surface area contributed by atoms with Crippen LogP contribution in [0, 0.1) is 0 Å². The largest absolute Gasteiger partial charge is 0.462 e. The normalized spacial score (nSPS) is 10.8. The minimum Gasteiger partial charge on any atom is -0.462 e. The number of nitrogens with one attached hydrogen (secondary N) is 1. The van der Waals surface area contributed by atoms with Crippen LogP contribution >= 0.6 is 23.2 Å². The van der Waals surface area contributed by atoms with Gasteiger partial charge in [-0.05, 0) is 31.2 Å². The Labute approximate surface area is 125 Å². The number of esters is 1. The van der Waals surface area contributed by atoms with Gasteiger partial charge >= 0.3 is 12.1 Å². The molecule has 6 nitrogen and oxygen atoms in total. The lowest BCUT2D eigenvalue weighted by atomic mass is 10.2. The van der Waals surface area contributed by atoms with Gasteiger partial charge in [-0.25, -0.2) is 9.59 Å². The third-order valence-electron chi connectivity index (χ3n) is 1.98. The zero-order valence-corrected chi connectivity index (χ0v) is 12.1. The van der Waals surface area contributed by atoms with E-state index < -0.39 is 12.1 Å². The van der Waals surface area contributed by atoms with E-state index in [1.165, 1.54) is 24.3 Å². The molecule has 0 atom stereocenters. The maximum Gasteiger partial charge on any atom is 0.437 e. The van der Waals surface area contributed by atoms with Crippen LogP contribution in [0.5, 0.6) is 0 Å². The van der Waals surface area contributed by atoms with Crippen molar-refractivity contribution in [3.8, 4) is 0 Å². The van der Waals surface area contributed by atoms with E-state index in [0.717, 1.165) is 0 Å². The van der Waals surface area contributed by atoms with E-state index in [-0.39, 0.29) is 11.1 Å². The topological polar surface area (TPSA) is 77.0 Å². The lowest BCUT2D eigenvalue weighted by Gasteiger charge is -2.04. The molecule has 0 saturated carbocycles. The minimum absolute atomic E-state index is 0.0422. The van der Waals surface area contributed by atoms with Gasteiger partial charge in [-0.15, -0.1) is 11.6 Å². The Morgan fingerprint density at radius 1 is 1.30 bits per heavy atom. The van der Waals surface area contributed by atoms with Gasteiger partial charge in [-0.1, -0.05) is 16.8 Å². The molecule has 1 amide bonds. The predicted octanol–water partition coefficient (Wildman–Crippen LogP) is 3.20. The van der Waals surface area contributed by atoms with Gasteiger partial charge in [0.2, 0.25) is 0 Å². The van der Waals surface area contributed by atoms with E-state index in [1.807, 2.05) is 0 Å². The number of hydrogen-bond donors (Lipinski definition) is 1. The van der Waals surface area contributed by atoms with Gasteiger partial charge in [0.25, 0.3) is 0 Å². The van der Waals surface area contributed by atoms with Gasteiger partial charge in [0.1, 0.15) is 0 Å². The van der Waals surface area contributed by atoms with Crippen molar-refractivity contribution in [3.05, 3.63) is 29.8 Å². The molecule has 0 spiro atoms. The average molecular weight is 319 g/mol. The highest BCUT2D eigenvalue weighted by molar-refractivity contribution is 6.69. The van der Waals surface area contributed by atoms with Gasteiger partial charge in [-0.2, -0.15) is 0 Å². The summed E-state index contributed by atoms with van der Waals surface area (Å²) in [4.78, 5) is 27.2. The average Bonchev–Trinajstić information content (AvgIpc) is 2.45. The van der Waals surface area contributed by atoms with Crippen molar-refractivity contribution in [2.75, 3.05) is 17.8 Å². The molecular formula is C12H12Cl2N2O4. The molecule has 1 rings (SSSR count). The quantitative estimate of drug-likeness (QED) is 0.297. The predicted molar refractivity (Wildman–Crippen MR) is 76.5 cm³/mol. The fourth-order valence-corrected chi connectivity index (χ4v) is 1.24. The van der Waals surface area contributed by atoms with Crippen molar-refractivity contribution in [2.24, 2.45) is 5.16 Å². The summed E-state index contributed by atoms with van der Waals surface area (Å²) in [6, 6.07) is 6.09. The van der Waals surface area contributed by atoms with Crippen LogP contribution in [0.4, 0.5) is 10.5 Å². The van der Waals surface area contributed by atoms with Crippen molar-refractivity contribution in [1.29, 1.82) is 0 Å².